The fraction of sp³-hybridized carbons (Fsp3) is 0.768. The molecule has 0 aromatic heterocycles. The van der Waals surface area contributed by atoms with Gasteiger partial charge in [0.05, 0.1) is 39.9 Å². The lowest BCUT2D eigenvalue weighted by atomic mass is 10.0. The molecule has 9 heteroatoms. The Bertz CT molecular complexity index is 1290. The third-order valence-electron chi connectivity index (χ3n) is 11.7. The molecule has 378 valence electrons. The SMILES string of the molecule is CC/C=C\C/C=C\C/C=C\C/C=C\CCCCCCCCCCC(=O)NC(COP(=O)(O)OCC[N+](C)(C)C)C(O)/C=C/CC/C=C/CCCCCCCCCCCCCCCCCC. The summed E-state index contributed by atoms with van der Waals surface area (Å²) in [5, 5.41) is 13.9. The first kappa shape index (κ1) is 62.9. The molecule has 1 amide bonds. The van der Waals surface area contributed by atoms with E-state index in [0.717, 1.165) is 70.6 Å². The van der Waals surface area contributed by atoms with Gasteiger partial charge in [-0.3, -0.25) is 13.8 Å². The van der Waals surface area contributed by atoms with E-state index in [4.69, 9.17) is 9.05 Å². The summed E-state index contributed by atoms with van der Waals surface area (Å²) in [4.78, 5) is 23.2. The summed E-state index contributed by atoms with van der Waals surface area (Å²) in [6.45, 7) is 4.68. The minimum absolute atomic E-state index is 0.0514. The second kappa shape index (κ2) is 47.0. The normalized spacial score (nSPS) is 14.6. The van der Waals surface area contributed by atoms with Gasteiger partial charge in [-0.2, -0.15) is 0 Å². The molecule has 0 aromatic carbocycles. The quantitative estimate of drug-likeness (QED) is 0.0243. The minimum Gasteiger partial charge on any atom is -0.387 e. The summed E-state index contributed by atoms with van der Waals surface area (Å²) >= 11 is 0. The van der Waals surface area contributed by atoms with E-state index in [1.54, 1.807) is 6.08 Å². The van der Waals surface area contributed by atoms with E-state index in [9.17, 15) is 19.4 Å². The molecule has 0 saturated carbocycles. The predicted molar refractivity (Wildman–Crippen MR) is 281 cm³/mol. The first-order chi connectivity index (χ1) is 31.5. The van der Waals surface area contributed by atoms with Gasteiger partial charge < -0.3 is 19.8 Å². The zero-order chi connectivity index (χ0) is 47.8. The largest absolute Gasteiger partial charge is 0.472 e. The van der Waals surface area contributed by atoms with Crippen molar-refractivity contribution in [2.45, 2.75) is 238 Å². The molecular weight excluding hydrogens is 828 g/mol. The number of rotatable bonds is 48. The van der Waals surface area contributed by atoms with Gasteiger partial charge in [0.1, 0.15) is 13.2 Å². The van der Waals surface area contributed by atoms with Crippen LogP contribution in [0.25, 0.3) is 0 Å². The average molecular weight is 932 g/mol. The molecule has 0 radical (unpaired) electrons. The number of phosphoric acid groups is 1. The maximum Gasteiger partial charge on any atom is 0.472 e. The van der Waals surface area contributed by atoms with Gasteiger partial charge in [-0.25, -0.2) is 4.57 Å². The highest BCUT2D eigenvalue weighted by Crippen LogP contribution is 2.43. The molecule has 0 aliphatic rings. The van der Waals surface area contributed by atoms with Crippen LogP contribution in [0.1, 0.15) is 226 Å². The highest BCUT2D eigenvalue weighted by atomic mass is 31.2. The van der Waals surface area contributed by atoms with Crippen molar-refractivity contribution in [2.75, 3.05) is 40.9 Å². The Morgan fingerprint density at radius 3 is 1.42 bits per heavy atom. The lowest BCUT2D eigenvalue weighted by Gasteiger charge is -2.25. The molecule has 3 unspecified atom stereocenters. The number of nitrogens with one attached hydrogen (secondary N) is 1. The van der Waals surface area contributed by atoms with Crippen molar-refractivity contribution in [1.29, 1.82) is 0 Å². The predicted octanol–water partition coefficient (Wildman–Crippen LogP) is 15.9. The van der Waals surface area contributed by atoms with Crippen LogP contribution in [0.4, 0.5) is 0 Å². The molecule has 0 aliphatic heterocycles. The van der Waals surface area contributed by atoms with E-state index in [-0.39, 0.29) is 19.1 Å². The van der Waals surface area contributed by atoms with Crippen LogP contribution < -0.4 is 5.32 Å². The topological polar surface area (TPSA) is 105 Å². The van der Waals surface area contributed by atoms with Crippen LogP contribution in [0, 0.1) is 0 Å². The monoisotopic (exact) mass is 932 g/mol. The third-order valence-corrected chi connectivity index (χ3v) is 12.6. The summed E-state index contributed by atoms with van der Waals surface area (Å²) in [7, 11) is 1.54. The highest BCUT2D eigenvalue weighted by molar-refractivity contribution is 7.47. The van der Waals surface area contributed by atoms with E-state index in [1.165, 1.54) is 135 Å². The standard InChI is InChI=1S/C56H103N2O6P/c1-6-8-10-12-14-16-18-20-22-24-26-28-30-31-33-35-37-39-41-43-45-47-49-55(59)54(53-64-65(61,62)63-52-51-58(3,4)5)57-56(60)50-48-46-44-42-40-38-36-34-32-29-27-25-23-21-19-17-15-13-11-9-7-2/h9,11,15,17,21,23,27,29,39,41,47,49,54-55,59H,6-8,10,12-14,16,18-20,22,24-26,28,30-38,40,42-46,48,50-53H2,1-5H3,(H-,57,60,61,62)/p+1/b11-9-,17-15-,23-21-,29-27-,41-39+,49-47+. The molecule has 3 N–H and O–H groups in total. The summed E-state index contributed by atoms with van der Waals surface area (Å²) < 4.78 is 23.7. The van der Waals surface area contributed by atoms with Gasteiger partial charge in [0.2, 0.25) is 5.91 Å². The Morgan fingerprint density at radius 2 is 0.938 bits per heavy atom. The number of allylic oxidation sites excluding steroid dienone is 11. The molecule has 8 nitrogen and oxygen atoms in total. The zero-order valence-electron chi connectivity index (χ0n) is 43.0. The fourth-order valence-electron chi connectivity index (χ4n) is 7.46. The number of carbonyl (C=O) groups is 1. The van der Waals surface area contributed by atoms with Crippen molar-refractivity contribution < 1.29 is 32.9 Å². The first-order valence-corrected chi connectivity index (χ1v) is 28.3. The number of quaternary nitrogens is 1. The molecular formula is C56H104N2O6P+. The zero-order valence-corrected chi connectivity index (χ0v) is 43.9. The summed E-state index contributed by atoms with van der Waals surface area (Å²) in [5.41, 5.74) is 0. The molecule has 0 aliphatic carbocycles. The number of hydrogen-bond donors (Lipinski definition) is 3. The van der Waals surface area contributed by atoms with Crippen LogP contribution in [-0.4, -0.2) is 73.4 Å². The summed E-state index contributed by atoms with van der Waals surface area (Å²) in [5.74, 6) is -0.197. The molecule has 0 spiro atoms. The molecule has 3 atom stereocenters. The maximum absolute atomic E-state index is 12.9. The third kappa shape index (κ3) is 49.7. The Kier molecular flexibility index (Phi) is 45.5. The number of unbranched alkanes of at least 4 members (excludes halogenated alkanes) is 25. The number of aliphatic hydroxyl groups is 1. The molecule has 0 heterocycles. The number of nitrogens with zero attached hydrogens (tertiary/aromatic N) is 1. The van der Waals surface area contributed by atoms with Gasteiger partial charge in [0.25, 0.3) is 0 Å². The minimum atomic E-state index is -4.36. The van der Waals surface area contributed by atoms with E-state index in [2.05, 4.69) is 79.9 Å². The Morgan fingerprint density at radius 1 is 0.538 bits per heavy atom. The van der Waals surface area contributed by atoms with Gasteiger partial charge >= 0.3 is 7.82 Å². The summed E-state index contributed by atoms with van der Waals surface area (Å²) in [6.07, 6.45) is 64.2. The Hall–Kier alpha value is -2.06. The first-order valence-electron chi connectivity index (χ1n) is 26.8. The van der Waals surface area contributed by atoms with Gasteiger partial charge in [0, 0.05) is 6.42 Å². The Labute approximate surface area is 402 Å². The number of phosphoric ester groups is 1. The van der Waals surface area contributed by atoms with E-state index < -0.39 is 20.0 Å². The van der Waals surface area contributed by atoms with Crippen molar-refractivity contribution in [3.8, 4) is 0 Å². The number of hydrogen-bond acceptors (Lipinski definition) is 5. The van der Waals surface area contributed by atoms with Crippen LogP contribution in [0.2, 0.25) is 0 Å². The second-order valence-electron chi connectivity index (χ2n) is 19.2. The Balaban J connectivity index is 4.35. The van der Waals surface area contributed by atoms with Gasteiger partial charge in [-0.1, -0.05) is 222 Å². The average Bonchev–Trinajstić information content (AvgIpc) is 3.26. The van der Waals surface area contributed by atoms with E-state index in [1.807, 2.05) is 27.2 Å². The number of carbonyl (C=O) groups excluding carboxylic acids is 1. The lowest BCUT2D eigenvalue weighted by Crippen LogP contribution is -2.45. The van der Waals surface area contributed by atoms with Crippen molar-refractivity contribution in [1.82, 2.24) is 5.32 Å². The van der Waals surface area contributed by atoms with Crippen molar-refractivity contribution in [2.24, 2.45) is 0 Å². The van der Waals surface area contributed by atoms with Crippen LogP contribution in [-0.2, 0) is 18.4 Å². The molecule has 0 rings (SSSR count). The second-order valence-corrected chi connectivity index (χ2v) is 20.7. The number of aliphatic hydroxyl groups excluding tert-OH is 1. The smallest absolute Gasteiger partial charge is 0.387 e. The van der Waals surface area contributed by atoms with Crippen LogP contribution >= 0.6 is 7.82 Å². The fourth-order valence-corrected chi connectivity index (χ4v) is 8.20. The van der Waals surface area contributed by atoms with Gasteiger partial charge in [0.15, 0.2) is 0 Å². The number of likely N-dealkylation sites (N-methyl/N-ethyl adjacent to an activating group) is 1. The maximum atomic E-state index is 12.9. The highest BCUT2D eigenvalue weighted by Gasteiger charge is 2.27. The van der Waals surface area contributed by atoms with E-state index >= 15 is 0 Å². The molecule has 0 aromatic rings. The van der Waals surface area contributed by atoms with Crippen molar-refractivity contribution >= 4 is 13.7 Å². The molecule has 0 fully saturated rings. The molecule has 65 heavy (non-hydrogen) atoms. The summed E-state index contributed by atoms with van der Waals surface area (Å²) in [6, 6.07) is -0.872. The van der Waals surface area contributed by atoms with Crippen molar-refractivity contribution in [3.05, 3.63) is 72.9 Å². The molecule has 0 saturated heterocycles. The van der Waals surface area contributed by atoms with Gasteiger partial charge in [-0.05, 0) is 70.6 Å². The van der Waals surface area contributed by atoms with Crippen LogP contribution in [0.3, 0.4) is 0 Å². The molecule has 0 bridgehead atoms. The van der Waals surface area contributed by atoms with Gasteiger partial charge in [-0.15, -0.1) is 0 Å². The van der Waals surface area contributed by atoms with Crippen LogP contribution in [0.5, 0.6) is 0 Å². The van der Waals surface area contributed by atoms with Crippen LogP contribution in [0.15, 0.2) is 72.9 Å². The number of amides is 1. The van der Waals surface area contributed by atoms with Crippen molar-refractivity contribution in [3.63, 3.8) is 0 Å². The lowest BCUT2D eigenvalue weighted by molar-refractivity contribution is -0.870. The van der Waals surface area contributed by atoms with E-state index in [0.29, 0.717) is 17.4 Å².